The third kappa shape index (κ3) is 4.14. The maximum absolute atomic E-state index is 12.8. The number of nitrogens with zero attached hydrogens (tertiary/aromatic N) is 1. The van der Waals surface area contributed by atoms with Crippen molar-refractivity contribution in [2.24, 2.45) is 0 Å². The lowest BCUT2D eigenvalue weighted by atomic mass is 10.1. The summed E-state index contributed by atoms with van der Waals surface area (Å²) in [5, 5.41) is 1.01. The van der Waals surface area contributed by atoms with Crippen molar-refractivity contribution in [1.82, 2.24) is 4.90 Å². The molecule has 0 saturated heterocycles. The lowest BCUT2D eigenvalue weighted by Gasteiger charge is -2.15. The summed E-state index contributed by atoms with van der Waals surface area (Å²) < 4.78 is 5.00. The molecule has 1 heterocycles. The molecule has 0 N–H and O–H groups in total. The van der Waals surface area contributed by atoms with Gasteiger partial charge in [0.1, 0.15) is 0 Å². The Kier molecular flexibility index (Phi) is 6.75. The highest BCUT2D eigenvalue weighted by Gasteiger charge is 2.39. The number of imide groups is 1. The van der Waals surface area contributed by atoms with Gasteiger partial charge in [-0.3, -0.25) is 14.5 Å². The van der Waals surface area contributed by atoms with Gasteiger partial charge in [-0.1, -0.05) is 43.1 Å². The molecule has 4 nitrogen and oxygen atoms in total. The van der Waals surface area contributed by atoms with Crippen molar-refractivity contribution in [3.8, 4) is 0 Å². The standard InChI is InChI=1S/C17H19Cl2NO3S/c1-10(2)24-15-14(12-6-5-11(18)9-13(12)19)16(21)20(17(15)22)7-4-8-23-3/h5-6,9-10H,4,7-8H2,1-3H3. The zero-order chi connectivity index (χ0) is 17.9. The highest BCUT2D eigenvalue weighted by molar-refractivity contribution is 8.04. The summed E-state index contributed by atoms with van der Waals surface area (Å²) in [6.07, 6.45) is 0.592. The monoisotopic (exact) mass is 387 g/mol. The molecule has 1 aromatic carbocycles. The molecule has 0 aromatic heterocycles. The van der Waals surface area contributed by atoms with E-state index in [1.807, 2.05) is 13.8 Å². The molecule has 7 heteroatoms. The first-order valence-electron chi connectivity index (χ1n) is 7.58. The van der Waals surface area contributed by atoms with Gasteiger partial charge in [0.15, 0.2) is 0 Å². The Morgan fingerprint density at radius 2 is 1.92 bits per heavy atom. The summed E-state index contributed by atoms with van der Waals surface area (Å²) in [7, 11) is 1.59. The van der Waals surface area contributed by atoms with Crippen LogP contribution in [0.2, 0.25) is 10.0 Å². The largest absolute Gasteiger partial charge is 0.385 e. The van der Waals surface area contributed by atoms with Crippen molar-refractivity contribution in [2.45, 2.75) is 25.5 Å². The number of ether oxygens (including phenoxy) is 1. The van der Waals surface area contributed by atoms with E-state index in [0.717, 1.165) is 0 Å². The lowest BCUT2D eigenvalue weighted by molar-refractivity contribution is -0.136. The SMILES string of the molecule is COCCCN1C(=O)C(SC(C)C)=C(c2ccc(Cl)cc2Cl)C1=O. The highest BCUT2D eigenvalue weighted by Crippen LogP contribution is 2.40. The van der Waals surface area contributed by atoms with E-state index in [-0.39, 0.29) is 17.1 Å². The summed E-state index contributed by atoms with van der Waals surface area (Å²) >= 11 is 13.6. The molecule has 1 aliphatic heterocycles. The van der Waals surface area contributed by atoms with E-state index in [9.17, 15) is 9.59 Å². The molecule has 0 atom stereocenters. The van der Waals surface area contributed by atoms with Crippen LogP contribution in [-0.4, -0.2) is 42.2 Å². The molecular formula is C17H19Cl2NO3S. The van der Waals surface area contributed by atoms with E-state index in [2.05, 4.69) is 0 Å². The van der Waals surface area contributed by atoms with Crippen molar-refractivity contribution in [1.29, 1.82) is 0 Å². The van der Waals surface area contributed by atoms with Gasteiger partial charge in [0.05, 0.1) is 15.5 Å². The maximum atomic E-state index is 12.8. The quantitative estimate of drug-likeness (QED) is 0.518. The Morgan fingerprint density at radius 1 is 1.21 bits per heavy atom. The number of thioether (sulfide) groups is 1. The molecule has 1 aromatic rings. The number of carbonyl (C=O) groups is 2. The van der Waals surface area contributed by atoms with E-state index in [4.69, 9.17) is 27.9 Å². The smallest absolute Gasteiger partial charge is 0.267 e. The van der Waals surface area contributed by atoms with Gasteiger partial charge in [0.25, 0.3) is 11.8 Å². The van der Waals surface area contributed by atoms with E-state index in [1.165, 1.54) is 16.7 Å². The minimum Gasteiger partial charge on any atom is -0.385 e. The molecule has 130 valence electrons. The van der Waals surface area contributed by atoms with Gasteiger partial charge in [-0.05, 0) is 18.6 Å². The van der Waals surface area contributed by atoms with Gasteiger partial charge < -0.3 is 4.74 Å². The van der Waals surface area contributed by atoms with Crippen LogP contribution in [0.25, 0.3) is 5.57 Å². The van der Waals surface area contributed by atoms with E-state index >= 15 is 0 Å². The van der Waals surface area contributed by atoms with Gasteiger partial charge >= 0.3 is 0 Å². The fraction of sp³-hybridized carbons (Fsp3) is 0.412. The minimum atomic E-state index is -0.316. The number of carbonyl (C=O) groups excluding carboxylic acids is 2. The van der Waals surface area contributed by atoms with Crippen molar-refractivity contribution >= 4 is 52.4 Å². The third-order valence-electron chi connectivity index (χ3n) is 3.41. The predicted molar refractivity (Wildman–Crippen MR) is 99.3 cm³/mol. The third-order valence-corrected chi connectivity index (χ3v) is 5.04. The van der Waals surface area contributed by atoms with Gasteiger partial charge in [0.2, 0.25) is 0 Å². The Labute approximate surface area is 156 Å². The first-order chi connectivity index (χ1) is 11.4. The highest BCUT2D eigenvalue weighted by atomic mass is 35.5. The number of rotatable bonds is 7. The second kappa shape index (κ2) is 8.39. The summed E-state index contributed by atoms with van der Waals surface area (Å²) in [6.45, 7) is 4.76. The van der Waals surface area contributed by atoms with Crippen LogP contribution in [0.4, 0.5) is 0 Å². The number of amides is 2. The average Bonchev–Trinajstić information content (AvgIpc) is 2.72. The number of halogens is 2. The number of benzene rings is 1. The van der Waals surface area contributed by atoms with Crippen LogP contribution < -0.4 is 0 Å². The Balaban J connectivity index is 2.43. The lowest BCUT2D eigenvalue weighted by Crippen LogP contribution is -2.33. The van der Waals surface area contributed by atoms with Crippen LogP contribution in [0.15, 0.2) is 23.1 Å². The van der Waals surface area contributed by atoms with Gasteiger partial charge in [-0.2, -0.15) is 0 Å². The van der Waals surface area contributed by atoms with Crippen LogP contribution in [-0.2, 0) is 14.3 Å². The zero-order valence-corrected chi connectivity index (χ0v) is 16.1. The Hall–Kier alpha value is -1.01. The average molecular weight is 388 g/mol. The summed E-state index contributed by atoms with van der Waals surface area (Å²) in [4.78, 5) is 27.3. The second-order valence-corrected chi connectivity index (χ2v) is 8.03. The fourth-order valence-corrected chi connectivity index (χ4v) is 3.90. The van der Waals surface area contributed by atoms with Crippen molar-refractivity contribution in [3.05, 3.63) is 38.7 Å². The molecule has 0 aliphatic carbocycles. The molecule has 24 heavy (non-hydrogen) atoms. The summed E-state index contributed by atoms with van der Waals surface area (Å²) in [5.74, 6) is -0.584. The Bertz CT molecular complexity index is 688. The van der Waals surface area contributed by atoms with E-state index < -0.39 is 0 Å². The maximum Gasteiger partial charge on any atom is 0.267 e. The van der Waals surface area contributed by atoms with Gasteiger partial charge in [-0.25, -0.2) is 0 Å². The molecule has 0 spiro atoms. The number of hydrogen-bond acceptors (Lipinski definition) is 4. The van der Waals surface area contributed by atoms with Crippen molar-refractivity contribution in [2.75, 3.05) is 20.3 Å². The van der Waals surface area contributed by atoms with Gasteiger partial charge in [0, 0.05) is 36.1 Å². The van der Waals surface area contributed by atoms with Crippen molar-refractivity contribution < 1.29 is 14.3 Å². The molecular weight excluding hydrogens is 369 g/mol. The molecule has 0 bridgehead atoms. The van der Waals surface area contributed by atoms with E-state index in [0.29, 0.717) is 45.7 Å². The first-order valence-corrected chi connectivity index (χ1v) is 9.21. The van der Waals surface area contributed by atoms with Crippen LogP contribution in [0, 0.1) is 0 Å². The number of methoxy groups -OCH3 is 1. The molecule has 2 amide bonds. The van der Waals surface area contributed by atoms with Crippen molar-refractivity contribution in [3.63, 3.8) is 0 Å². The molecule has 0 saturated carbocycles. The molecule has 0 radical (unpaired) electrons. The normalized spacial score (nSPS) is 15.2. The van der Waals surface area contributed by atoms with Crippen LogP contribution in [0.5, 0.6) is 0 Å². The first kappa shape index (κ1) is 19.3. The van der Waals surface area contributed by atoms with Crippen LogP contribution >= 0.6 is 35.0 Å². The number of hydrogen-bond donors (Lipinski definition) is 0. The molecule has 2 rings (SSSR count). The molecule has 0 fully saturated rings. The van der Waals surface area contributed by atoms with E-state index in [1.54, 1.807) is 25.3 Å². The topological polar surface area (TPSA) is 46.6 Å². The zero-order valence-electron chi connectivity index (χ0n) is 13.8. The minimum absolute atomic E-state index is 0.164. The van der Waals surface area contributed by atoms with Crippen LogP contribution in [0.1, 0.15) is 25.8 Å². The Morgan fingerprint density at radius 3 is 2.50 bits per heavy atom. The summed E-state index contributed by atoms with van der Waals surface area (Å²) in [6, 6.07) is 4.93. The summed E-state index contributed by atoms with van der Waals surface area (Å²) in [5.41, 5.74) is 0.898. The second-order valence-electron chi connectivity index (χ2n) is 5.60. The molecule has 1 aliphatic rings. The predicted octanol–water partition coefficient (Wildman–Crippen LogP) is 4.25. The molecule has 0 unspecified atom stereocenters. The fourth-order valence-electron chi connectivity index (χ4n) is 2.40. The van der Waals surface area contributed by atoms with Crippen LogP contribution in [0.3, 0.4) is 0 Å². The van der Waals surface area contributed by atoms with Gasteiger partial charge in [-0.15, -0.1) is 11.8 Å².